The largest absolute Gasteiger partial charge is 0.493 e. The van der Waals surface area contributed by atoms with Crippen LogP contribution in [-0.2, 0) is 9.53 Å². The highest BCUT2D eigenvalue weighted by atomic mass is 16.6. The molecule has 1 aliphatic heterocycles. The highest BCUT2D eigenvalue weighted by Crippen LogP contribution is 2.37. The zero-order valence-electron chi connectivity index (χ0n) is 19.1. The summed E-state index contributed by atoms with van der Waals surface area (Å²) in [5, 5.41) is 0. The normalized spacial score (nSPS) is 14.2. The molecule has 174 valence electrons. The van der Waals surface area contributed by atoms with Gasteiger partial charge in [-0.15, -0.1) is 0 Å². The molecule has 4 rings (SSSR count). The molecule has 1 atom stereocenters. The van der Waals surface area contributed by atoms with Gasteiger partial charge in [0.2, 0.25) is 11.9 Å². The number of esters is 1. The number of carbonyl (C=O) groups is 2. The first-order valence-electron chi connectivity index (χ1n) is 10.7. The van der Waals surface area contributed by atoms with E-state index in [1.807, 2.05) is 18.2 Å². The van der Waals surface area contributed by atoms with Crippen molar-refractivity contribution in [2.75, 3.05) is 20.8 Å². The summed E-state index contributed by atoms with van der Waals surface area (Å²) in [6, 6.07) is 19.2. The zero-order valence-corrected chi connectivity index (χ0v) is 19.1. The van der Waals surface area contributed by atoms with Crippen molar-refractivity contribution in [1.82, 2.24) is 0 Å². The lowest BCUT2D eigenvalue weighted by Crippen LogP contribution is -2.21. The molecule has 0 aromatic heterocycles. The summed E-state index contributed by atoms with van der Waals surface area (Å²) >= 11 is 0. The van der Waals surface area contributed by atoms with Crippen molar-refractivity contribution in [2.24, 2.45) is 0 Å². The molecule has 0 unspecified atom stereocenters. The van der Waals surface area contributed by atoms with Crippen LogP contribution in [0.25, 0.3) is 6.08 Å². The second-order valence-corrected chi connectivity index (χ2v) is 7.37. The van der Waals surface area contributed by atoms with Crippen LogP contribution in [0.4, 0.5) is 0 Å². The summed E-state index contributed by atoms with van der Waals surface area (Å²) < 4.78 is 27.6. The minimum atomic E-state index is -0.946. The Hall–Kier alpha value is -4.26. The molecule has 0 aliphatic carbocycles. The number of hydrogen-bond acceptors (Lipinski definition) is 7. The molecule has 1 heterocycles. The van der Waals surface area contributed by atoms with Crippen molar-refractivity contribution in [3.8, 4) is 23.0 Å². The van der Waals surface area contributed by atoms with Gasteiger partial charge in [0.15, 0.2) is 17.3 Å². The molecule has 34 heavy (non-hydrogen) atoms. The third kappa shape index (κ3) is 4.73. The average molecular weight is 460 g/mol. The first-order valence-corrected chi connectivity index (χ1v) is 10.7. The maximum atomic E-state index is 12.9. The predicted molar refractivity (Wildman–Crippen MR) is 125 cm³/mol. The molecule has 0 saturated heterocycles. The number of fused-ring (bicyclic) bond motifs is 1. The molecule has 0 saturated carbocycles. The number of hydrogen-bond donors (Lipinski definition) is 0. The van der Waals surface area contributed by atoms with Crippen molar-refractivity contribution in [1.29, 1.82) is 0 Å². The Bertz CT molecular complexity index is 1230. The summed E-state index contributed by atoms with van der Waals surface area (Å²) in [5.74, 6) is 1.28. The van der Waals surface area contributed by atoms with E-state index >= 15 is 0 Å². The summed E-state index contributed by atoms with van der Waals surface area (Å²) in [7, 11) is 3.10. The van der Waals surface area contributed by atoms with Gasteiger partial charge < -0.3 is 23.7 Å². The molecule has 7 nitrogen and oxygen atoms in total. The molecule has 0 N–H and O–H groups in total. The van der Waals surface area contributed by atoms with E-state index in [1.54, 1.807) is 75.8 Å². The van der Waals surface area contributed by atoms with Crippen LogP contribution < -0.4 is 18.9 Å². The number of allylic oxidation sites excluding steroid dienone is 1. The van der Waals surface area contributed by atoms with Crippen LogP contribution in [0.15, 0.2) is 72.5 Å². The van der Waals surface area contributed by atoms with Crippen LogP contribution in [0.3, 0.4) is 0 Å². The van der Waals surface area contributed by atoms with Gasteiger partial charge in [0, 0.05) is 11.6 Å². The van der Waals surface area contributed by atoms with Gasteiger partial charge in [-0.1, -0.05) is 36.4 Å². The third-order valence-electron chi connectivity index (χ3n) is 5.20. The first kappa shape index (κ1) is 22.9. The smallest absolute Gasteiger partial charge is 0.352 e. The Morgan fingerprint density at radius 2 is 1.74 bits per heavy atom. The summed E-state index contributed by atoms with van der Waals surface area (Å²) in [5.41, 5.74) is 1.79. The Morgan fingerprint density at radius 3 is 2.44 bits per heavy atom. The van der Waals surface area contributed by atoms with Gasteiger partial charge in [0.25, 0.3) is 0 Å². The van der Waals surface area contributed by atoms with Crippen molar-refractivity contribution in [3.63, 3.8) is 0 Å². The van der Waals surface area contributed by atoms with Gasteiger partial charge >= 0.3 is 5.97 Å². The maximum Gasteiger partial charge on any atom is 0.352 e. The van der Waals surface area contributed by atoms with E-state index in [9.17, 15) is 9.59 Å². The number of Topliss-reactive ketones (excluding diaryl/α,β-unsaturated/α-hetero) is 1. The Morgan fingerprint density at radius 1 is 0.971 bits per heavy atom. The van der Waals surface area contributed by atoms with Crippen molar-refractivity contribution in [3.05, 3.63) is 89.2 Å². The second-order valence-electron chi connectivity index (χ2n) is 7.37. The van der Waals surface area contributed by atoms with Gasteiger partial charge in [0.1, 0.15) is 11.5 Å². The standard InChI is InChI=1S/C27H24O7/c1-4-32-27(29)26(18-8-6-5-7-9-18)33-19-11-12-20-22(16-19)34-24(25(20)28)15-17-10-13-21(30-2)23(14-17)31-3/h5-16,26H,4H2,1-3H3/b24-15-/t26-/m0/s1. The van der Waals surface area contributed by atoms with E-state index < -0.39 is 12.1 Å². The van der Waals surface area contributed by atoms with E-state index in [1.165, 1.54) is 0 Å². The number of benzene rings is 3. The molecule has 3 aromatic rings. The highest BCUT2D eigenvalue weighted by molar-refractivity contribution is 6.14. The molecular formula is C27H24O7. The number of ether oxygens (including phenoxy) is 5. The lowest BCUT2D eigenvalue weighted by Gasteiger charge is -2.18. The van der Waals surface area contributed by atoms with Crippen LogP contribution in [0.2, 0.25) is 0 Å². The minimum absolute atomic E-state index is 0.171. The number of rotatable bonds is 8. The molecular weight excluding hydrogens is 436 g/mol. The lowest BCUT2D eigenvalue weighted by atomic mass is 10.1. The zero-order chi connectivity index (χ0) is 24.1. The fraction of sp³-hybridized carbons (Fsp3) is 0.185. The third-order valence-corrected chi connectivity index (χ3v) is 5.20. The molecule has 1 aliphatic rings. The molecule has 0 amide bonds. The van der Waals surface area contributed by atoms with Crippen LogP contribution in [-0.4, -0.2) is 32.6 Å². The van der Waals surface area contributed by atoms with Gasteiger partial charge in [0.05, 0.1) is 26.4 Å². The van der Waals surface area contributed by atoms with Gasteiger partial charge in [-0.25, -0.2) is 4.79 Å². The van der Waals surface area contributed by atoms with E-state index in [0.717, 1.165) is 5.56 Å². The van der Waals surface area contributed by atoms with Crippen LogP contribution in [0.5, 0.6) is 23.0 Å². The Balaban J connectivity index is 1.58. The molecule has 0 spiro atoms. The summed E-state index contributed by atoms with van der Waals surface area (Å²) in [4.78, 5) is 25.4. The monoisotopic (exact) mass is 460 g/mol. The lowest BCUT2D eigenvalue weighted by molar-refractivity contribution is -0.151. The number of carbonyl (C=O) groups excluding carboxylic acids is 2. The van der Waals surface area contributed by atoms with Crippen LogP contribution in [0.1, 0.15) is 34.5 Å². The topological polar surface area (TPSA) is 80.3 Å². The Labute approximate surface area is 197 Å². The van der Waals surface area contributed by atoms with E-state index in [4.69, 9.17) is 23.7 Å². The quantitative estimate of drug-likeness (QED) is 0.346. The molecule has 3 aromatic carbocycles. The second kappa shape index (κ2) is 10.1. The van der Waals surface area contributed by atoms with E-state index in [-0.39, 0.29) is 18.1 Å². The molecule has 0 radical (unpaired) electrons. The van der Waals surface area contributed by atoms with Crippen LogP contribution >= 0.6 is 0 Å². The molecule has 0 fully saturated rings. The van der Waals surface area contributed by atoms with Crippen molar-refractivity contribution >= 4 is 17.8 Å². The SMILES string of the molecule is CCOC(=O)[C@@H](Oc1ccc2c(c1)O/C(=C\c1ccc(OC)c(OC)c1)C2=O)c1ccccc1. The number of methoxy groups -OCH3 is 2. The fourth-order valence-corrected chi connectivity index (χ4v) is 3.57. The maximum absolute atomic E-state index is 12.9. The number of ketones is 1. The highest BCUT2D eigenvalue weighted by Gasteiger charge is 2.29. The van der Waals surface area contributed by atoms with E-state index in [2.05, 4.69) is 0 Å². The first-order chi connectivity index (χ1) is 16.5. The van der Waals surface area contributed by atoms with Crippen molar-refractivity contribution < 1.29 is 33.3 Å². The van der Waals surface area contributed by atoms with Crippen molar-refractivity contribution in [2.45, 2.75) is 13.0 Å². The Kier molecular flexibility index (Phi) is 6.82. The van der Waals surface area contributed by atoms with E-state index in [0.29, 0.717) is 34.1 Å². The van der Waals surface area contributed by atoms with Gasteiger partial charge in [-0.05, 0) is 42.8 Å². The average Bonchev–Trinajstić information content (AvgIpc) is 3.17. The summed E-state index contributed by atoms with van der Waals surface area (Å²) in [6.45, 7) is 1.97. The van der Waals surface area contributed by atoms with Gasteiger partial charge in [-0.3, -0.25) is 4.79 Å². The van der Waals surface area contributed by atoms with Gasteiger partial charge in [-0.2, -0.15) is 0 Å². The fourth-order valence-electron chi connectivity index (χ4n) is 3.57. The molecule has 7 heteroatoms. The summed E-state index contributed by atoms with van der Waals surface area (Å²) in [6.07, 6.45) is 0.689. The van der Waals surface area contributed by atoms with Crippen LogP contribution in [0, 0.1) is 0 Å². The predicted octanol–water partition coefficient (Wildman–Crippen LogP) is 5.00. The minimum Gasteiger partial charge on any atom is -0.493 e. The molecule has 0 bridgehead atoms.